The van der Waals surface area contributed by atoms with E-state index in [1.54, 1.807) is 11.0 Å². The summed E-state index contributed by atoms with van der Waals surface area (Å²) in [7, 11) is -0.916. The smallest absolute Gasteiger partial charge is 0.253 e. The lowest BCUT2D eigenvalue weighted by molar-refractivity contribution is -0.123. The van der Waals surface area contributed by atoms with E-state index in [-0.39, 0.29) is 22.9 Å². The number of carbonyl (C=O) groups is 2. The number of nitrogens with one attached hydrogen (secondary N) is 1. The standard InChI is InChI=1S/C24H30N4O6S/c1-27(2)35(31,32)20-12-18(24(30)28-7-3-4-17(15-28)23(25)29)11-19(13-20)26-14-16-5-6-21-22(10-16)34-9-8-33-21/h5-6,10-13,17,26H,3-4,7-9,14-15H2,1-2H3,(H2,25,29)/t17-/m1/s1. The van der Waals surface area contributed by atoms with E-state index in [1.165, 1.54) is 26.2 Å². The minimum absolute atomic E-state index is 0.00137. The highest BCUT2D eigenvalue weighted by Crippen LogP contribution is 2.31. The quantitative estimate of drug-likeness (QED) is 0.589. The predicted molar refractivity (Wildman–Crippen MR) is 130 cm³/mol. The first-order chi connectivity index (χ1) is 16.6. The average molecular weight is 503 g/mol. The molecule has 188 valence electrons. The van der Waals surface area contributed by atoms with Gasteiger partial charge in [-0.3, -0.25) is 9.59 Å². The number of nitrogens with two attached hydrogens (primary N) is 1. The fourth-order valence-electron chi connectivity index (χ4n) is 4.16. The molecular weight excluding hydrogens is 472 g/mol. The SMILES string of the molecule is CN(C)S(=O)(=O)c1cc(NCc2ccc3c(c2)OCCO3)cc(C(=O)N2CCC[C@@H](C(N)=O)C2)c1. The van der Waals surface area contributed by atoms with Crippen LogP contribution in [0, 0.1) is 5.92 Å². The fourth-order valence-corrected chi connectivity index (χ4v) is 5.14. The lowest BCUT2D eigenvalue weighted by Gasteiger charge is -2.31. The zero-order chi connectivity index (χ0) is 25.2. The van der Waals surface area contributed by atoms with E-state index in [4.69, 9.17) is 15.2 Å². The van der Waals surface area contributed by atoms with Crippen LogP contribution in [0.15, 0.2) is 41.3 Å². The summed E-state index contributed by atoms with van der Waals surface area (Å²) in [4.78, 5) is 26.5. The molecule has 2 aromatic rings. The van der Waals surface area contributed by atoms with Gasteiger partial charge < -0.3 is 25.4 Å². The maximum absolute atomic E-state index is 13.3. The van der Waals surface area contributed by atoms with E-state index in [1.807, 2.05) is 18.2 Å². The number of fused-ring (bicyclic) bond motifs is 1. The third-order valence-corrected chi connectivity index (χ3v) is 7.94. The molecule has 1 fully saturated rings. The van der Waals surface area contributed by atoms with Gasteiger partial charge in [-0.05, 0) is 48.7 Å². The van der Waals surface area contributed by atoms with Crippen LogP contribution in [-0.2, 0) is 21.4 Å². The number of benzene rings is 2. The number of amides is 2. The molecule has 11 heteroatoms. The number of piperidine rings is 1. The Bertz CT molecular complexity index is 1230. The molecule has 0 spiro atoms. The van der Waals surface area contributed by atoms with E-state index in [9.17, 15) is 18.0 Å². The highest BCUT2D eigenvalue weighted by molar-refractivity contribution is 7.89. The molecule has 2 aromatic carbocycles. The van der Waals surface area contributed by atoms with Crippen molar-refractivity contribution in [1.29, 1.82) is 0 Å². The molecule has 0 aromatic heterocycles. The van der Waals surface area contributed by atoms with Crippen LogP contribution in [0.1, 0.15) is 28.8 Å². The van der Waals surface area contributed by atoms with Crippen molar-refractivity contribution < 1.29 is 27.5 Å². The van der Waals surface area contributed by atoms with Gasteiger partial charge in [0, 0.05) is 45.0 Å². The van der Waals surface area contributed by atoms with E-state index < -0.39 is 21.8 Å². The Morgan fingerprint density at radius 2 is 1.86 bits per heavy atom. The molecule has 1 atom stereocenters. The largest absolute Gasteiger partial charge is 0.486 e. The molecule has 0 radical (unpaired) electrons. The molecule has 0 saturated carbocycles. The monoisotopic (exact) mass is 502 g/mol. The number of hydrogen-bond donors (Lipinski definition) is 2. The zero-order valence-corrected chi connectivity index (χ0v) is 20.6. The summed E-state index contributed by atoms with van der Waals surface area (Å²) in [5.41, 5.74) is 7.07. The summed E-state index contributed by atoms with van der Waals surface area (Å²) in [5, 5.41) is 3.22. The van der Waals surface area contributed by atoms with Gasteiger partial charge in [0.05, 0.1) is 10.8 Å². The zero-order valence-electron chi connectivity index (χ0n) is 19.8. The van der Waals surface area contributed by atoms with Gasteiger partial charge in [0.2, 0.25) is 15.9 Å². The Morgan fingerprint density at radius 1 is 1.11 bits per heavy atom. The summed E-state index contributed by atoms with van der Waals surface area (Å²) >= 11 is 0. The van der Waals surface area contributed by atoms with E-state index >= 15 is 0 Å². The first-order valence-corrected chi connectivity index (χ1v) is 12.9. The predicted octanol–water partition coefficient (Wildman–Crippen LogP) is 1.66. The van der Waals surface area contributed by atoms with Crippen molar-refractivity contribution in [3.8, 4) is 11.5 Å². The van der Waals surface area contributed by atoms with Gasteiger partial charge in [-0.15, -0.1) is 0 Å². The maximum atomic E-state index is 13.3. The van der Waals surface area contributed by atoms with Crippen LogP contribution in [0.2, 0.25) is 0 Å². The number of anilines is 1. The first kappa shape index (κ1) is 24.8. The normalized spacial score (nSPS) is 17.8. The highest BCUT2D eigenvalue weighted by atomic mass is 32.2. The van der Waals surface area contributed by atoms with Crippen molar-refractivity contribution in [2.75, 3.05) is 45.7 Å². The lowest BCUT2D eigenvalue weighted by atomic mass is 9.97. The molecular formula is C24H30N4O6S. The number of nitrogens with zero attached hydrogens (tertiary/aromatic N) is 2. The Labute approximate surface area is 205 Å². The second-order valence-electron chi connectivity index (χ2n) is 8.86. The Morgan fingerprint density at radius 3 is 2.57 bits per heavy atom. The summed E-state index contributed by atoms with van der Waals surface area (Å²) in [6, 6.07) is 10.1. The summed E-state index contributed by atoms with van der Waals surface area (Å²) in [5.74, 6) is 0.156. The van der Waals surface area contributed by atoms with E-state index in [2.05, 4.69) is 5.32 Å². The van der Waals surface area contributed by atoms with E-state index in [0.717, 1.165) is 9.87 Å². The van der Waals surface area contributed by atoms with Gasteiger partial charge >= 0.3 is 0 Å². The molecule has 3 N–H and O–H groups in total. The molecule has 0 unspecified atom stereocenters. The molecule has 4 rings (SSSR count). The third-order valence-electron chi connectivity index (χ3n) is 6.15. The van der Waals surface area contributed by atoms with Gasteiger partial charge in [-0.2, -0.15) is 0 Å². The second-order valence-corrected chi connectivity index (χ2v) is 11.0. The van der Waals surface area contributed by atoms with Crippen LogP contribution < -0.4 is 20.5 Å². The van der Waals surface area contributed by atoms with E-state index in [0.29, 0.717) is 56.3 Å². The highest BCUT2D eigenvalue weighted by Gasteiger charge is 2.29. The number of likely N-dealkylation sites (tertiary alicyclic amines) is 1. The molecule has 2 aliphatic rings. The van der Waals surface area contributed by atoms with Crippen molar-refractivity contribution in [3.63, 3.8) is 0 Å². The van der Waals surface area contributed by atoms with Crippen LogP contribution in [-0.4, -0.2) is 69.8 Å². The molecule has 2 aliphatic heterocycles. The number of ether oxygens (including phenoxy) is 2. The van der Waals surface area contributed by atoms with Gasteiger partial charge in [-0.1, -0.05) is 6.07 Å². The molecule has 0 aliphatic carbocycles. The number of carbonyl (C=O) groups excluding carboxylic acids is 2. The molecule has 2 amide bonds. The number of primary amides is 1. The summed E-state index contributed by atoms with van der Waals surface area (Å²) in [6.45, 7) is 2.06. The number of hydrogen-bond acceptors (Lipinski definition) is 7. The molecule has 0 bridgehead atoms. The fraction of sp³-hybridized carbons (Fsp3) is 0.417. The van der Waals surface area contributed by atoms with Crippen LogP contribution in [0.25, 0.3) is 0 Å². The summed E-state index contributed by atoms with van der Waals surface area (Å²) in [6.07, 6.45) is 1.29. The maximum Gasteiger partial charge on any atom is 0.253 e. The molecule has 1 saturated heterocycles. The Balaban J connectivity index is 1.61. The Hall–Kier alpha value is -3.31. The van der Waals surface area contributed by atoms with Gasteiger partial charge in [0.25, 0.3) is 5.91 Å². The van der Waals surface area contributed by atoms with Crippen LogP contribution in [0.3, 0.4) is 0 Å². The minimum Gasteiger partial charge on any atom is -0.486 e. The summed E-state index contributed by atoms with van der Waals surface area (Å²) < 4.78 is 38.1. The lowest BCUT2D eigenvalue weighted by Crippen LogP contribution is -2.44. The van der Waals surface area contributed by atoms with Crippen molar-refractivity contribution in [1.82, 2.24) is 9.21 Å². The molecule has 35 heavy (non-hydrogen) atoms. The molecule has 10 nitrogen and oxygen atoms in total. The van der Waals surface area contributed by atoms with Gasteiger partial charge in [0.1, 0.15) is 13.2 Å². The second kappa shape index (κ2) is 10.1. The number of sulfonamides is 1. The van der Waals surface area contributed by atoms with Gasteiger partial charge in [0.15, 0.2) is 11.5 Å². The third kappa shape index (κ3) is 5.51. The Kier molecular flexibility index (Phi) is 7.18. The van der Waals surface area contributed by atoms with Crippen LogP contribution in [0.5, 0.6) is 11.5 Å². The van der Waals surface area contributed by atoms with Crippen molar-refractivity contribution in [2.24, 2.45) is 11.7 Å². The van der Waals surface area contributed by atoms with Crippen molar-refractivity contribution in [3.05, 3.63) is 47.5 Å². The molecule has 2 heterocycles. The topological polar surface area (TPSA) is 131 Å². The van der Waals surface area contributed by atoms with Crippen LogP contribution in [0.4, 0.5) is 5.69 Å². The average Bonchev–Trinajstić information content (AvgIpc) is 2.86. The van der Waals surface area contributed by atoms with Gasteiger partial charge in [-0.25, -0.2) is 12.7 Å². The van der Waals surface area contributed by atoms with Crippen molar-refractivity contribution >= 4 is 27.5 Å². The first-order valence-electron chi connectivity index (χ1n) is 11.4. The number of rotatable bonds is 7. The van der Waals surface area contributed by atoms with Crippen molar-refractivity contribution in [2.45, 2.75) is 24.3 Å². The van der Waals surface area contributed by atoms with Crippen LogP contribution >= 0.6 is 0 Å². The minimum atomic E-state index is -3.79.